The smallest absolute Gasteiger partial charge is 0.308 e. The highest BCUT2D eigenvalue weighted by Gasteiger charge is 2.09. The molecule has 0 aliphatic rings. The number of carbonyl (C=O) groups excluding carboxylic acids is 3. The van der Waals surface area contributed by atoms with Crippen LogP contribution in [0, 0.1) is 5.92 Å². The van der Waals surface area contributed by atoms with Gasteiger partial charge in [-0.1, -0.05) is 13.8 Å². The van der Waals surface area contributed by atoms with E-state index in [-0.39, 0.29) is 31.4 Å². The molecule has 0 atom stereocenters. The first-order valence-electron chi connectivity index (χ1n) is 7.21. The van der Waals surface area contributed by atoms with Crippen LogP contribution in [0.4, 0.5) is 0 Å². The fourth-order valence-corrected chi connectivity index (χ4v) is 2.18. The SMILES string of the molecule is CC(C)CCNC(=O)COC(=O)CCNC(=O)c1ccsc1. The summed E-state index contributed by atoms with van der Waals surface area (Å²) >= 11 is 1.43. The third-order valence-electron chi connectivity index (χ3n) is 2.81. The van der Waals surface area contributed by atoms with Gasteiger partial charge in [-0.15, -0.1) is 0 Å². The summed E-state index contributed by atoms with van der Waals surface area (Å²) in [6.45, 7) is 4.61. The average Bonchev–Trinajstić information content (AvgIpc) is 2.99. The van der Waals surface area contributed by atoms with Crippen molar-refractivity contribution in [2.24, 2.45) is 5.92 Å². The molecule has 0 spiro atoms. The number of esters is 1. The molecule has 22 heavy (non-hydrogen) atoms. The van der Waals surface area contributed by atoms with Crippen molar-refractivity contribution >= 4 is 29.1 Å². The highest BCUT2D eigenvalue weighted by Crippen LogP contribution is 2.05. The molecule has 0 unspecified atom stereocenters. The van der Waals surface area contributed by atoms with Gasteiger partial charge in [-0.05, 0) is 23.8 Å². The van der Waals surface area contributed by atoms with Crippen LogP contribution in [0.5, 0.6) is 0 Å². The molecule has 0 saturated heterocycles. The van der Waals surface area contributed by atoms with Crippen LogP contribution in [0.2, 0.25) is 0 Å². The Morgan fingerprint density at radius 3 is 2.64 bits per heavy atom. The van der Waals surface area contributed by atoms with E-state index in [0.29, 0.717) is 18.0 Å². The van der Waals surface area contributed by atoms with Gasteiger partial charge in [0, 0.05) is 24.0 Å². The first kappa shape index (κ1) is 18.2. The number of hydrogen-bond donors (Lipinski definition) is 2. The van der Waals surface area contributed by atoms with Crippen molar-refractivity contribution < 1.29 is 19.1 Å². The fourth-order valence-electron chi connectivity index (χ4n) is 1.54. The van der Waals surface area contributed by atoms with Gasteiger partial charge in [0.15, 0.2) is 6.61 Å². The molecule has 1 rings (SSSR count). The number of ether oxygens (including phenoxy) is 1. The zero-order valence-corrected chi connectivity index (χ0v) is 13.7. The minimum Gasteiger partial charge on any atom is -0.456 e. The van der Waals surface area contributed by atoms with Crippen molar-refractivity contribution in [3.63, 3.8) is 0 Å². The molecule has 1 heterocycles. The molecule has 0 saturated carbocycles. The number of nitrogens with one attached hydrogen (secondary N) is 2. The predicted molar refractivity (Wildman–Crippen MR) is 84.7 cm³/mol. The monoisotopic (exact) mass is 326 g/mol. The first-order valence-corrected chi connectivity index (χ1v) is 8.16. The maximum atomic E-state index is 11.6. The third kappa shape index (κ3) is 7.78. The summed E-state index contributed by atoms with van der Waals surface area (Å²) in [4.78, 5) is 34.5. The highest BCUT2D eigenvalue weighted by molar-refractivity contribution is 7.08. The first-order chi connectivity index (χ1) is 10.5. The van der Waals surface area contributed by atoms with E-state index in [1.165, 1.54) is 11.3 Å². The third-order valence-corrected chi connectivity index (χ3v) is 3.49. The van der Waals surface area contributed by atoms with E-state index in [9.17, 15) is 14.4 Å². The lowest BCUT2D eigenvalue weighted by atomic mass is 10.1. The fraction of sp³-hybridized carbons (Fsp3) is 0.533. The second-order valence-electron chi connectivity index (χ2n) is 5.21. The van der Waals surface area contributed by atoms with E-state index in [0.717, 1.165) is 6.42 Å². The van der Waals surface area contributed by atoms with Gasteiger partial charge in [-0.25, -0.2) is 0 Å². The number of carbonyl (C=O) groups is 3. The van der Waals surface area contributed by atoms with Crippen molar-refractivity contribution in [2.45, 2.75) is 26.7 Å². The highest BCUT2D eigenvalue weighted by atomic mass is 32.1. The lowest BCUT2D eigenvalue weighted by molar-refractivity contribution is -0.148. The Hall–Kier alpha value is -1.89. The van der Waals surface area contributed by atoms with Crippen LogP contribution in [-0.4, -0.2) is 37.5 Å². The van der Waals surface area contributed by atoms with Crippen molar-refractivity contribution in [1.82, 2.24) is 10.6 Å². The Kier molecular flexibility index (Phi) is 8.21. The van der Waals surface area contributed by atoms with Crippen LogP contribution in [0.15, 0.2) is 16.8 Å². The molecule has 1 aromatic heterocycles. The molecule has 2 amide bonds. The van der Waals surface area contributed by atoms with Crippen LogP contribution in [-0.2, 0) is 14.3 Å². The van der Waals surface area contributed by atoms with Gasteiger partial charge < -0.3 is 15.4 Å². The quantitative estimate of drug-likeness (QED) is 0.675. The van der Waals surface area contributed by atoms with Crippen LogP contribution < -0.4 is 10.6 Å². The van der Waals surface area contributed by atoms with E-state index in [1.807, 2.05) is 0 Å². The molecule has 0 aliphatic heterocycles. The summed E-state index contributed by atoms with van der Waals surface area (Å²) in [5, 5.41) is 8.83. The van der Waals surface area contributed by atoms with Gasteiger partial charge in [0.2, 0.25) is 0 Å². The second-order valence-corrected chi connectivity index (χ2v) is 5.99. The Balaban J connectivity index is 2.08. The van der Waals surface area contributed by atoms with Crippen LogP contribution in [0.1, 0.15) is 37.0 Å². The summed E-state index contributed by atoms with van der Waals surface area (Å²) < 4.78 is 4.83. The van der Waals surface area contributed by atoms with Crippen LogP contribution >= 0.6 is 11.3 Å². The van der Waals surface area contributed by atoms with Crippen molar-refractivity contribution in [3.8, 4) is 0 Å². The molecular formula is C15H22N2O4S. The molecule has 122 valence electrons. The van der Waals surface area contributed by atoms with Crippen LogP contribution in [0.3, 0.4) is 0 Å². The maximum absolute atomic E-state index is 11.6. The number of rotatable bonds is 9. The molecule has 0 fully saturated rings. The Morgan fingerprint density at radius 2 is 2.00 bits per heavy atom. The van der Waals surface area contributed by atoms with E-state index in [1.54, 1.807) is 16.8 Å². The largest absolute Gasteiger partial charge is 0.456 e. The molecule has 1 aromatic rings. The Labute approximate surface area is 134 Å². The lowest BCUT2D eigenvalue weighted by Crippen LogP contribution is -2.31. The van der Waals surface area contributed by atoms with E-state index < -0.39 is 5.97 Å². The van der Waals surface area contributed by atoms with Crippen LogP contribution in [0.25, 0.3) is 0 Å². The second kappa shape index (κ2) is 9.94. The molecule has 0 bridgehead atoms. The van der Waals surface area contributed by atoms with E-state index >= 15 is 0 Å². The number of thiophene rings is 1. The van der Waals surface area contributed by atoms with Gasteiger partial charge >= 0.3 is 5.97 Å². The Bertz CT molecular complexity index is 486. The molecule has 2 N–H and O–H groups in total. The number of amides is 2. The Morgan fingerprint density at radius 1 is 1.23 bits per heavy atom. The average molecular weight is 326 g/mol. The minimum atomic E-state index is -0.510. The van der Waals surface area contributed by atoms with Gasteiger partial charge in [0.1, 0.15) is 0 Å². The normalized spacial score (nSPS) is 10.3. The summed E-state index contributed by atoms with van der Waals surface area (Å²) in [7, 11) is 0. The zero-order valence-electron chi connectivity index (χ0n) is 12.9. The molecule has 0 aromatic carbocycles. The van der Waals surface area contributed by atoms with Crippen molar-refractivity contribution in [2.75, 3.05) is 19.7 Å². The lowest BCUT2D eigenvalue weighted by Gasteiger charge is -2.08. The number of hydrogen-bond acceptors (Lipinski definition) is 5. The molecule has 0 aliphatic carbocycles. The summed E-state index contributed by atoms with van der Waals surface area (Å²) in [5.41, 5.74) is 0.572. The van der Waals surface area contributed by atoms with Gasteiger partial charge in [-0.3, -0.25) is 14.4 Å². The van der Waals surface area contributed by atoms with Gasteiger partial charge in [-0.2, -0.15) is 11.3 Å². The predicted octanol–water partition coefficient (Wildman–Crippen LogP) is 1.57. The molecular weight excluding hydrogens is 304 g/mol. The maximum Gasteiger partial charge on any atom is 0.308 e. The van der Waals surface area contributed by atoms with Crippen molar-refractivity contribution in [3.05, 3.63) is 22.4 Å². The summed E-state index contributed by atoms with van der Waals surface area (Å²) in [6.07, 6.45) is 0.920. The van der Waals surface area contributed by atoms with E-state index in [2.05, 4.69) is 24.5 Å². The summed E-state index contributed by atoms with van der Waals surface area (Å²) in [6, 6.07) is 1.71. The molecule has 6 nitrogen and oxygen atoms in total. The van der Waals surface area contributed by atoms with Gasteiger partial charge in [0.25, 0.3) is 11.8 Å². The summed E-state index contributed by atoms with van der Waals surface area (Å²) in [5.74, 6) is -0.531. The minimum absolute atomic E-state index is 0.0369. The topological polar surface area (TPSA) is 84.5 Å². The van der Waals surface area contributed by atoms with Crippen molar-refractivity contribution in [1.29, 1.82) is 0 Å². The molecule has 0 radical (unpaired) electrons. The zero-order chi connectivity index (χ0) is 16.4. The standard InChI is InChI=1S/C15H22N2O4S/c1-11(2)3-6-16-13(18)9-21-14(19)4-7-17-15(20)12-5-8-22-10-12/h5,8,10-11H,3-4,6-7,9H2,1-2H3,(H,16,18)(H,17,20). The van der Waals surface area contributed by atoms with E-state index in [4.69, 9.17) is 4.74 Å². The van der Waals surface area contributed by atoms with Gasteiger partial charge in [0.05, 0.1) is 6.42 Å². The molecule has 7 heteroatoms.